The molecule has 0 saturated carbocycles. The highest BCUT2D eigenvalue weighted by Crippen LogP contribution is 2.20. The highest BCUT2D eigenvalue weighted by Gasteiger charge is 2.17. The lowest BCUT2D eigenvalue weighted by Gasteiger charge is -2.24. The summed E-state index contributed by atoms with van der Waals surface area (Å²) in [4.78, 5) is 13.8. The second kappa shape index (κ2) is 9.68. The molecule has 148 valence electrons. The fraction of sp³-hybridized carbons (Fsp3) is 0.333. The van der Waals surface area contributed by atoms with Gasteiger partial charge in [0.05, 0.1) is 36.6 Å². The third kappa shape index (κ3) is 5.10. The van der Waals surface area contributed by atoms with E-state index in [1.165, 1.54) is 4.90 Å². The summed E-state index contributed by atoms with van der Waals surface area (Å²) >= 11 is 6.06. The Balaban J connectivity index is 1.74. The van der Waals surface area contributed by atoms with Gasteiger partial charge in [0, 0.05) is 5.56 Å². The Morgan fingerprint density at radius 2 is 2.00 bits per heavy atom. The first-order valence-electron chi connectivity index (χ1n) is 9.26. The molecule has 0 unspecified atom stereocenters. The lowest BCUT2D eigenvalue weighted by molar-refractivity contribution is -0.921. The van der Waals surface area contributed by atoms with E-state index in [4.69, 9.17) is 21.1 Å². The summed E-state index contributed by atoms with van der Waals surface area (Å²) in [5, 5.41) is 4.64. The first kappa shape index (κ1) is 20.3. The Bertz CT molecular complexity index is 864. The van der Waals surface area contributed by atoms with Gasteiger partial charge in [-0.25, -0.2) is 5.43 Å². The number of morpholine rings is 1. The zero-order valence-corrected chi connectivity index (χ0v) is 16.9. The number of quaternary nitrogens is 1. The molecule has 0 atom stereocenters. The van der Waals surface area contributed by atoms with Crippen molar-refractivity contribution in [2.75, 3.05) is 33.4 Å². The molecular weight excluding hydrogens is 378 g/mol. The van der Waals surface area contributed by atoms with Gasteiger partial charge >= 0.3 is 0 Å². The van der Waals surface area contributed by atoms with Crippen molar-refractivity contribution < 1.29 is 19.2 Å². The summed E-state index contributed by atoms with van der Waals surface area (Å²) in [6.07, 6.45) is 0. The lowest BCUT2D eigenvalue weighted by atomic mass is 10.1. The van der Waals surface area contributed by atoms with E-state index in [-0.39, 0.29) is 5.91 Å². The van der Waals surface area contributed by atoms with Crippen molar-refractivity contribution in [1.29, 1.82) is 0 Å². The van der Waals surface area contributed by atoms with Gasteiger partial charge in [-0.1, -0.05) is 23.7 Å². The maximum absolute atomic E-state index is 12.3. The average Bonchev–Trinajstić information content (AvgIpc) is 2.73. The molecule has 1 aliphatic heterocycles. The van der Waals surface area contributed by atoms with Crippen molar-refractivity contribution in [2.45, 2.75) is 13.5 Å². The quantitative estimate of drug-likeness (QED) is 0.573. The predicted octanol–water partition coefficient (Wildman–Crippen LogP) is 1.92. The van der Waals surface area contributed by atoms with E-state index >= 15 is 0 Å². The molecule has 0 aromatic heterocycles. The van der Waals surface area contributed by atoms with Crippen LogP contribution in [0, 0.1) is 0 Å². The number of carbonyl (C=O) groups excluding carboxylic acids is 1. The van der Waals surface area contributed by atoms with Crippen LogP contribution in [0.5, 0.6) is 5.75 Å². The molecule has 2 N–H and O–H groups in total. The minimum atomic E-state index is -0.337. The monoisotopic (exact) mass is 402 g/mol. The van der Waals surface area contributed by atoms with Gasteiger partial charge in [0.2, 0.25) is 0 Å². The van der Waals surface area contributed by atoms with Gasteiger partial charge in [0.1, 0.15) is 25.4 Å². The molecule has 1 fully saturated rings. The Morgan fingerprint density at radius 3 is 2.71 bits per heavy atom. The number of amides is 1. The normalized spacial score (nSPS) is 15.3. The van der Waals surface area contributed by atoms with E-state index in [9.17, 15) is 4.79 Å². The number of halogens is 1. The molecule has 0 bridgehead atoms. The number of nitrogens with zero attached hydrogens (tertiary/aromatic N) is 1. The van der Waals surface area contributed by atoms with Gasteiger partial charge in [-0.15, -0.1) is 0 Å². The van der Waals surface area contributed by atoms with Crippen LogP contribution in [-0.2, 0) is 11.3 Å². The fourth-order valence-electron chi connectivity index (χ4n) is 3.15. The zero-order chi connectivity index (χ0) is 19.9. The van der Waals surface area contributed by atoms with E-state index in [2.05, 4.69) is 16.6 Å². The minimum absolute atomic E-state index is 0.337. The van der Waals surface area contributed by atoms with Crippen LogP contribution >= 0.6 is 11.6 Å². The number of hydrogen-bond acceptors (Lipinski definition) is 4. The Labute approximate surface area is 170 Å². The van der Waals surface area contributed by atoms with E-state index in [1.54, 1.807) is 31.4 Å². The van der Waals surface area contributed by atoms with E-state index < -0.39 is 0 Å². The van der Waals surface area contributed by atoms with Crippen molar-refractivity contribution in [3.05, 3.63) is 64.2 Å². The first-order chi connectivity index (χ1) is 13.6. The van der Waals surface area contributed by atoms with Crippen LogP contribution in [-0.4, -0.2) is 45.0 Å². The van der Waals surface area contributed by atoms with Crippen LogP contribution in [0.1, 0.15) is 28.4 Å². The third-order valence-electron chi connectivity index (χ3n) is 4.78. The Kier molecular flexibility index (Phi) is 7.03. The summed E-state index contributed by atoms with van der Waals surface area (Å²) in [6.45, 7) is 6.25. The lowest BCUT2D eigenvalue weighted by Crippen LogP contribution is -3.12. The number of hydrazone groups is 1. The topological polar surface area (TPSA) is 64.4 Å². The fourth-order valence-corrected chi connectivity index (χ4v) is 3.37. The molecule has 28 heavy (non-hydrogen) atoms. The molecule has 2 aromatic rings. The number of nitrogens with one attached hydrogen (secondary N) is 2. The highest BCUT2D eigenvalue weighted by atomic mass is 35.5. The Hall–Kier alpha value is -2.41. The van der Waals surface area contributed by atoms with Gasteiger partial charge in [-0.3, -0.25) is 4.79 Å². The van der Waals surface area contributed by atoms with Crippen molar-refractivity contribution in [3.8, 4) is 5.75 Å². The number of hydrogen-bond donors (Lipinski definition) is 2. The second-order valence-electron chi connectivity index (χ2n) is 6.68. The summed E-state index contributed by atoms with van der Waals surface area (Å²) < 4.78 is 11.0. The smallest absolute Gasteiger partial charge is 0.272 e. The molecule has 0 spiro atoms. The van der Waals surface area contributed by atoms with E-state index in [0.717, 1.165) is 49.7 Å². The van der Waals surface area contributed by atoms with Crippen molar-refractivity contribution in [1.82, 2.24) is 5.43 Å². The maximum atomic E-state index is 12.3. The molecular formula is C21H25ClN3O3+. The van der Waals surface area contributed by atoms with Gasteiger partial charge in [-0.2, -0.15) is 5.10 Å². The van der Waals surface area contributed by atoms with E-state index in [0.29, 0.717) is 16.3 Å². The van der Waals surface area contributed by atoms with Crippen LogP contribution in [0.4, 0.5) is 0 Å². The van der Waals surface area contributed by atoms with Crippen LogP contribution in [0.2, 0.25) is 5.02 Å². The van der Waals surface area contributed by atoms with Crippen LogP contribution < -0.4 is 15.1 Å². The van der Waals surface area contributed by atoms with Gasteiger partial charge in [0.15, 0.2) is 0 Å². The molecule has 6 nitrogen and oxygen atoms in total. The number of benzene rings is 2. The number of ether oxygens (including phenoxy) is 2. The molecule has 0 radical (unpaired) electrons. The molecule has 1 aliphatic rings. The van der Waals surface area contributed by atoms with Gasteiger partial charge < -0.3 is 14.4 Å². The molecule has 3 rings (SSSR count). The van der Waals surface area contributed by atoms with Crippen LogP contribution in [0.25, 0.3) is 0 Å². The van der Waals surface area contributed by atoms with Crippen LogP contribution in [0.3, 0.4) is 0 Å². The summed E-state index contributed by atoms with van der Waals surface area (Å²) in [7, 11) is 1.68. The Morgan fingerprint density at radius 1 is 1.25 bits per heavy atom. The predicted molar refractivity (Wildman–Crippen MR) is 109 cm³/mol. The molecule has 7 heteroatoms. The zero-order valence-electron chi connectivity index (χ0n) is 16.1. The SMILES string of the molecule is COc1ccc(/C(C)=N\NC(=O)c2ccccc2Cl)cc1C[NH+]1CCOCC1. The van der Waals surface area contributed by atoms with Gasteiger partial charge in [-0.05, 0) is 42.8 Å². The first-order valence-corrected chi connectivity index (χ1v) is 9.64. The standard InChI is InChI=1S/C21H24ClN3O3/c1-15(23-24-21(26)18-5-3-4-6-19(18)22)16-7-8-20(27-2)17(13-16)14-25-9-11-28-12-10-25/h3-8,13H,9-12,14H2,1-2H3,(H,24,26)/p+1/b23-15-. The molecule has 0 aliphatic carbocycles. The largest absolute Gasteiger partial charge is 0.496 e. The van der Waals surface area contributed by atoms with E-state index in [1.807, 2.05) is 19.1 Å². The minimum Gasteiger partial charge on any atom is -0.496 e. The number of rotatable bonds is 6. The maximum Gasteiger partial charge on any atom is 0.272 e. The average molecular weight is 403 g/mol. The van der Waals surface area contributed by atoms with Gasteiger partial charge in [0.25, 0.3) is 5.91 Å². The molecule has 2 aromatic carbocycles. The van der Waals surface area contributed by atoms with Crippen molar-refractivity contribution in [2.24, 2.45) is 5.10 Å². The summed E-state index contributed by atoms with van der Waals surface area (Å²) in [5.41, 5.74) is 5.73. The number of methoxy groups -OCH3 is 1. The summed E-state index contributed by atoms with van der Waals surface area (Å²) in [6, 6.07) is 12.8. The van der Waals surface area contributed by atoms with Crippen molar-refractivity contribution >= 4 is 23.2 Å². The highest BCUT2D eigenvalue weighted by molar-refractivity contribution is 6.33. The summed E-state index contributed by atoms with van der Waals surface area (Å²) in [5.74, 6) is 0.520. The molecule has 1 saturated heterocycles. The van der Waals surface area contributed by atoms with Crippen LogP contribution in [0.15, 0.2) is 47.6 Å². The molecule has 1 heterocycles. The second-order valence-corrected chi connectivity index (χ2v) is 7.09. The van der Waals surface area contributed by atoms with Crippen molar-refractivity contribution in [3.63, 3.8) is 0 Å². The third-order valence-corrected chi connectivity index (χ3v) is 5.11. The number of carbonyl (C=O) groups is 1. The molecule has 1 amide bonds.